The number of unbranched alkanes of at least 4 members (excludes halogenated alkanes) is 38. The molecule has 0 fully saturated rings. The molecule has 0 bridgehead atoms. The Morgan fingerprint density at radius 3 is 0.839 bits per heavy atom. The topological polar surface area (TPSA) is 78.9 Å². The molecule has 1 atom stereocenters. The molecule has 6 heteroatoms. The number of esters is 3. The molecule has 0 aliphatic heterocycles. The Morgan fingerprint density at radius 2 is 0.532 bits per heavy atom. The lowest BCUT2D eigenvalue weighted by Crippen LogP contribution is -2.30. The zero-order valence-corrected chi connectivity index (χ0v) is 41.9. The highest BCUT2D eigenvalue weighted by atomic mass is 16.6. The minimum Gasteiger partial charge on any atom is -0.462 e. The lowest BCUT2D eigenvalue weighted by atomic mass is 10.0. The summed E-state index contributed by atoms with van der Waals surface area (Å²) in [6.07, 6.45) is 57.7. The number of carbonyl (C=O) groups excluding carboxylic acids is 3. The van der Waals surface area contributed by atoms with E-state index in [2.05, 4.69) is 32.9 Å². The maximum atomic E-state index is 12.8. The second kappa shape index (κ2) is 51.8. The third-order valence-electron chi connectivity index (χ3n) is 12.5. The fourth-order valence-electron chi connectivity index (χ4n) is 8.32. The van der Waals surface area contributed by atoms with Crippen LogP contribution in [-0.2, 0) is 28.6 Å². The number of rotatable bonds is 51. The minimum absolute atomic E-state index is 0.0667. The molecule has 0 aromatic heterocycles. The van der Waals surface area contributed by atoms with Crippen LogP contribution in [-0.4, -0.2) is 37.2 Å². The molecule has 366 valence electrons. The second-order valence-corrected chi connectivity index (χ2v) is 18.9. The Kier molecular flexibility index (Phi) is 50.2. The Hall–Kier alpha value is -1.85. The van der Waals surface area contributed by atoms with Crippen LogP contribution in [0.25, 0.3) is 0 Å². The van der Waals surface area contributed by atoms with Gasteiger partial charge in [0, 0.05) is 19.3 Å². The van der Waals surface area contributed by atoms with E-state index in [-0.39, 0.29) is 31.1 Å². The lowest BCUT2D eigenvalue weighted by molar-refractivity contribution is -0.167. The van der Waals surface area contributed by atoms with Gasteiger partial charge in [-0.2, -0.15) is 0 Å². The van der Waals surface area contributed by atoms with Gasteiger partial charge in [0.25, 0.3) is 0 Å². The Labute approximate surface area is 386 Å². The molecule has 0 rings (SSSR count). The third-order valence-corrected chi connectivity index (χ3v) is 12.5. The quantitative estimate of drug-likeness (QED) is 0.0262. The maximum Gasteiger partial charge on any atom is 0.306 e. The molecule has 0 aromatic carbocycles. The zero-order chi connectivity index (χ0) is 45.1. The molecular weight excluding hydrogens is 769 g/mol. The second-order valence-electron chi connectivity index (χ2n) is 18.9. The van der Waals surface area contributed by atoms with E-state index in [4.69, 9.17) is 14.2 Å². The maximum absolute atomic E-state index is 12.8. The van der Waals surface area contributed by atoms with Gasteiger partial charge in [0.1, 0.15) is 13.2 Å². The first-order valence-corrected chi connectivity index (χ1v) is 27.7. The molecular formula is C56H106O6. The summed E-state index contributed by atoms with van der Waals surface area (Å²) in [7, 11) is 0. The molecule has 6 nitrogen and oxygen atoms in total. The van der Waals surface area contributed by atoms with Crippen molar-refractivity contribution >= 4 is 17.9 Å². The summed E-state index contributed by atoms with van der Waals surface area (Å²) in [5, 5.41) is 0. The summed E-state index contributed by atoms with van der Waals surface area (Å²) < 4.78 is 16.8. The largest absolute Gasteiger partial charge is 0.462 e. The lowest BCUT2D eigenvalue weighted by Gasteiger charge is -2.18. The van der Waals surface area contributed by atoms with Gasteiger partial charge in [-0.1, -0.05) is 258 Å². The smallest absolute Gasteiger partial charge is 0.306 e. The number of allylic oxidation sites excluding steroid dienone is 2. The molecule has 0 N–H and O–H groups in total. The van der Waals surface area contributed by atoms with E-state index in [1.807, 2.05) is 0 Å². The molecule has 0 aromatic rings. The SMILES string of the molecule is CCCCC/C=C\CCCCCCCC(=O)OC[C@H](COC(=O)CCCCCCCCCCCCCCCCCCC)OC(=O)CCCCCCCCCCCCCCCCC. The van der Waals surface area contributed by atoms with Crippen molar-refractivity contribution in [1.82, 2.24) is 0 Å². The van der Waals surface area contributed by atoms with Crippen molar-refractivity contribution in [2.75, 3.05) is 13.2 Å². The van der Waals surface area contributed by atoms with Gasteiger partial charge in [-0.25, -0.2) is 0 Å². The van der Waals surface area contributed by atoms with Crippen LogP contribution in [0.15, 0.2) is 12.2 Å². The Balaban J connectivity index is 4.30. The molecule has 0 heterocycles. The molecule has 0 aliphatic rings. The highest BCUT2D eigenvalue weighted by molar-refractivity contribution is 5.71. The average molecular weight is 875 g/mol. The van der Waals surface area contributed by atoms with E-state index >= 15 is 0 Å². The minimum atomic E-state index is -0.766. The van der Waals surface area contributed by atoms with Crippen molar-refractivity contribution in [3.8, 4) is 0 Å². The van der Waals surface area contributed by atoms with Crippen LogP contribution >= 0.6 is 0 Å². The summed E-state index contributed by atoms with van der Waals surface area (Å²) in [6.45, 7) is 6.66. The number of hydrogen-bond acceptors (Lipinski definition) is 6. The van der Waals surface area contributed by atoms with Gasteiger partial charge in [-0.3, -0.25) is 14.4 Å². The van der Waals surface area contributed by atoms with E-state index in [9.17, 15) is 14.4 Å². The molecule has 0 radical (unpaired) electrons. The molecule has 0 amide bonds. The molecule has 0 saturated carbocycles. The van der Waals surface area contributed by atoms with Crippen molar-refractivity contribution in [2.24, 2.45) is 0 Å². The summed E-state index contributed by atoms with van der Waals surface area (Å²) in [6, 6.07) is 0. The fraction of sp³-hybridized carbons (Fsp3) is 0.911. The van der Waals surface area contributed by atoms with Gasteiger partial charge < -0.3 is 14.2 Å². The first kappa shape index (κ1) is 60.2. The number of carbonyl (C=O) groups is 3. The molecule has 0 saturated heterocycles. The highest BCUT2D eigenvalue weighted by Crippen LogP contribution is 2.17. The van der Waals surface area contributed by atoms with Crippen LogP contribution in [0.2, 0.25) is 0 Å². The number of ether oxygens (including phenoxy) is 3. The van der Waals surface area contributed by atoms with Crippen LogP contribution in [0, 0.1) is 0 Å². The number of hydrogen-bond donors (Lipinski definition) is 0. The van der Waals surface area contributed by atoms with Gasteiger partial charge in [0.15, 0.2) is 6.10 Å². The van der Waals surface area contributed by atoms with Gasteiger partial charge in [0.2, 0.25) is 0 Å². The summed E-state index contributed by atoms with van der Waals surface area (Å²) in [5.41, 5.74) is 0. The molecule has 0 spiro atoms. The van der Waals surface area contributed by atoms with Crippen LogP contribution in [0.4, 0.5) is 0 Å². The summed E-state index contributed by atoms with van der Waals surface area (Å²) in [4.78, 5) is 38.0. The van der Waals surface area contributed by atoms with Gasteiger partial charge >= 0.3 is 17.9 Å². The highest BCUT2D eigenvalue weighted by Gasteiger charge is 2.19. The predicted octanol–water partition coefficient (Wildman–Crippen LogP) is 18.2. The first-order valence-electron chi connectivity index (χ1n) is 27.7. The van der Waals surface area contributed by atoms with Crippen molar-refractivity contribution in [3.63, 3.8) is 0 Å². The van der Waals surface area contributed by atoms with Crippen LogP contribution < -0.4 is 0 Å². The van der Waals surface area contributed by atoms with Crippen molar-refractivity contribution in [3.05, 3.63) is 12.2 Å². The summed E-state index contributed by atoms with van der Waals surface area (Å²) >= 11 is 0. The molecule has 0 unspecified atom stereocenters. The Bertz CT molecular complexity index is 962. The van der Waals surface area contributed by atoms with E-state index in [0.717, 1.165) is 64.2 Å². The standard InChI is InChI=1S/C56H106O6/c1-4-7-10-13-16-19-22-25-27-28-30-31-34-37-40-43-46-49-55(58)61-52-53(51-60-54(57)48-45-42-39-36-33-24-21-18-15-12-9-6-3)62-56(59)50-47-44-41-38-35-32-29-26-23-20-17-14-11-8-5-2/h18,21,53H,4-17,19-20,22-52H2,1-3H3/b21-18-/t53-/m1/s1. The van der Waals surface area contributed by atoms with E-state index in [1.165, 1.54) is 205 Å². The molecule has 0 aliphatic carbocycles. The zero-order valence-electron chi connectivity index (χ0n) is 41.9. The van der Waals surface area contributed by atoms with Crippen molar-refractivity contribution < 1.29 is 28.6 Å². The van der Waals surface area contributed by atoms with Crippen molar-refractivity contribution in [2.45, 2.75) is 316 Å². The van der Waals surface area contributed by atoms with Crippen molar-refractivity contribution in [1.29, 1.82) is 0 Å². The molecule has 62 heavy (non-hydrogen) atoms. The Morgan fingerprint density at radius 1 is 0.306 bits per heavy atom. The fourth-order valence-corrected chi connectivity index (χ4v) is 8.32. The van der Waals surface area contributed by atoms with Gasteiger partial charge in [-0.15, -0.1) is 0 Å². The van der Waals surface area contributed by atoms with E-state index in [0.29, 0.717) is 19.3 Å². The van der Waals surface area contributed by atoms with Gasteiger partial charge in [0.05, 0.1) is 0 Å². The van der Waals surface area contributed by atoms with E-state index in [1.54, 1.807) is 0 Å². The van der Waals surface area contributed by atoms with Crippen LogP contribution in [0.1, 0.15) is 310 Å². The van der Waals surface area contributed by atoms with Crippen LogP contribution in [0.5, 0.6) is 0 Å². The average Bonchev–Trinajstić information content (AvgIpc) is 3.27. The first-order chi connectivity index (χ1) is 30.5. The predicted molar refractivity (Wildman–Crippen MR) is 266 cm³/mol. The van der Waals surface area contributed by atoms with E-state index < -0.39 is 6.10 Å². The van der Waals surface area contributed by atoms with Crippen LogP contribution in [0.3, 0.4) is 0 Å². The third kappa shape index (κ3) is 49.2. The monoisotopic (exact) mass is 875 g/mol. The van der Waals surface area contributed by atoms with Gasteiger partial charge in [-0.05, 0) is 44.9 Å². The normalized spacial score (nSPS) is 12.0. The summed E-state index contributed by atoms with van der Waals surface area (Å²) in [5.74, 6) is -0.855.